The summed E-state index contributed by atoms with van der Waals surface area (Å²) < 4.78 is 12.2. The van der Waals surface area contributed by atoms with Crippen LogP contribution in [0.2, 0.25) is 0 Å². The highest BCUT2D eigenvalue weighted by Gasteiger charge is 2.18. The summed E-state index contributed by atoms with van der Waals surface area (Å²) in [6.07, 6.45) is 10.3. The first kappa shape index (κ1) is 32.1. The minimum Gasteiger partial charge on any atom is -0.456 e. The SMILES string of the molecule is C=C/C=C\c1s/c(=C(/C=C\C)n2c3ccccc3c3cc(-c4ccc5c(c4)c4ccccc4n5-c4ccc5c(c4)oc4ccccc45)ccc32)c(=C)c1C. The molecule has 4 heteroatoms. The Kier molecular flexibility index (Phi) is 7.43. The lowest BCUT2D eigenvalue weighted by Crippen LogP contribution is -2.23. The maximum absolute atomic E-state index is 6.31. The summed E-state index contributed by atoms with van der Waals surface area (Å²) in [6, 6.07) is 46.0. The number of nitrogens with zero attached hydrogens (tertiary/aromatic N) is 2. The van der Waals surface area contributed by atoms with E-state index in [1.54, 1.807) is 11.3 Å². The third kappa shape index (κ3) is 4.81. The Labute approximate surface area is 316 Å². The van der Waals surface area contributed by atoms with E-state index in [9.17, 15) is 0 Å². The molecule has 0 unspecified atom stereocenters. The highest BCUT2D eigenvalue weighted by Crippen LogP contribution is 2.39. The number of hydrogen-bond donors (Lipinski definition) is 0. The van der Waals surface area contributed by atoms with Crippen molar-refractivity contribution in [3.05, 3.63) is 178 Å². The minimum absolute atomic E-state index is 0.893. The van der Waals surface area contributed by atoms with Crippen molar-refractivity contribution in [3.8, 4) is 16.8 Å². The van der Waals surface area contributed by atoms with Crippen LogP contribution in [-0.4, -0.2) is 9.13 Å². The molecule has 0 fully saturated rings. The molecule has 10 aromatic rings. The number of thiophene rings is 1. The van der Waals surface area contributed by atoms with Gasteiger partial charge in [-0.25, -0.2) is 0 Å². The smallest absolute Gasteiger partial charge is 0.137 e. The van der Waals surface area contributed by atoms with Gasteiger partial charge in [-0.1, -0.05) is 98.1 Å². The zero-order chi connectivity index (χ0) is 36.5. The summed E-state index contributed by atoms with van der Waals surface area (Å²) in [7, 11) is 0. The molecular weight excluding hydrogens is 677 g/mol. The van der Waals surface area contributed by atoms with Gasteiger partial charge in [0.1, 0.15) is 11.2 Å². The topological polar surface area (TPSA) is 23.0 Å². The van der Waals surface area contributed by atoms with Crippen LogP contribution in [0.5, 0.6) is 0 Å². The van der Waals surface area contributed by atoms with Crippen molar-refractivity contribution in [2.45, 2.75) is 13.8 Å². The van der Waals surface area contributed by atoms with Crippen LogP contribution in [0.25, 0.3) is 101 Å². The second kappa shape index (κ2) is 12.5. The Bertz CT molecular complexity index is 3340. The maximum atomic E-state index is 6.31. The predicted octanol–water partition coefficient (Wildman–Crippen LogP) is 12.7. The maximum Gasteiger partial charge on any atom is 0.137 e. The first-order valence-electron chi connectivity index (χ1n) is 18.3. The number of allylic oxidation sites excluding steroid dienone is 4. The van der Waals surface area contributed by atoms with E-state index < -0.39 is 0 Å². The fourth-order valence-electron chi connectivity index (χ4n) is 8.19. The molecule has 10 rings (SSSR count). The first-order chi connectivity index (χ1) is 26.5. The number of aromatic nitrogens is 2. The highest BCUT2D eigenvalue weighted by molar-refractivity contribution is 7.11. The molecule has 0 saturated heterocycles. The zero-order valence-electron chi connectivity index (χ0n) is 30.1. The van der Waals surface area contributed by atoms with Gasteiger partial charge in [0.2, 0.25) is 0 Å². The fraction of sp³-hybridized carbons (Fsp3) is 0.0400. The van der Waals surface area contributed by atoms with Crippen LogP contribution in [0.3, 0.4) is 0 Å². The third-order valence-corrected chi connectivity index (χ3v) is 12.1. The van der Waals surface area contributed by atoms with Crippen LogP contribution in [0, 0.1) is 6.92 Å². The third-order valence-electron chi connectivity index (χ3n) is 10.8. The van der Waals surface area contributed by atoms with E-state index in [4.69, 9.17) is 4.42 Å². The molecule has 4 heterocycles. The van der Waals surface area contributed by atoms with Crippen molar-refractivity contribution in [2.75, 3.05) is 0 Å². The number of benzene rings is 6. The molecule has 0 amide bonds. The van der Waals surface area contributed by atoms with Crippen LogP contribution in [0.15, 0.2) is 163 Å². The molecule has 0 aliphatic rings. The van der Waals surface area contributed by atoms with E-state index in [2.05, 4.69) is 170 Å². The van der Waals surface area contributed by atoms with Crippen molar-refractivity contribution in [1.29, 1.82) is 0 Å². The summed E-state index contributed by atoms with van der Waals surface area (Å²) >= 11 is 1.78. The largest absolute Gasteiger partial charge is 0.456 e. The Morgan fingerprint density at radius 1 is 0.648 bits per heavy atom. The second-order valence-corrected chi connectivity index (χ2v) is 14.9. The summed E-state index contributed by atoms with van der Waals surface area (Å²) in [6.45, 7) is 12.7. The van der Waals surface area contributed by atoms with Gasteiger partial charge in [0, 0.05) is 48.9 Å². The molecule has 0 aliphatic heterocycles. The van der Waals surface area contributed by atoms with Gasteiger partial charge in [0.05, 0.1) is 32.3 Å². The van der Waals surface area contributed by atoms with Crippen molar-refractivity contribution in [1.82, 2.24) is 9.13 Å². The van der Waals surface area contributed by atoms with E-state index in [1.165, 1.54) is 64.2 Å². The lowest BCUT2D eigenvalue weighted by atomic mass is 10.0. The van der Waals surface area contributed by atoms with Crippen LogP contribution < -0.4 is 9.75 Å². The summed E-state index contributed by atoms with van der Waals surface area (Å²) in [5, 5.41) is 8.22. The lowest BCUT2D eigenvalue weighted by Gasteiger charge is -2.10. The Morgan fingerprint density at radius 2 is 1.26 bits per heavy atom. The van der Waals surface area contributed by atoms with Crippen molar-refractivity contribution >= 4 is 95.2 Å². The second-order valence-electron chi connectivity index (χ2n) is 13.8. The fourth-order valence-corrected chi connectivity index (χ4v) is 9.38. The number of hydrogen-bond acceptors (Lipinski definition) is 2. The summed E-state index contributed by atoms with van der Waals surface area (Å²) in [5.74, 6) is 0. The Hall–Kier alpha value is -6.62. The molecule has 258 valence electrons. The van der Waals surface area contributed by atoms with E-state index in [0.717, 1.165) is 44.1 Å². The van der Waals surface area contributed by atoms with Gasteiger partial charge in [-0.05, 0) is 103 Å². The lowest BCUT2D eigenvalue weighted by molar-refractivity contribution is 0.668. The summed E-state index contributed by atoms with van der Waals surface area (Å²) in [4.78, 5) is 1.20. The number of para-hydroxylation sites is 3. The molecule has 0 aliphatic carbocycles. The molecule has 0 radical (unpaired) electrons. The van der Waals surface area contributed by atoms with Gasteiger partial charge < -0.3 is 13.6 Å². The predicted molar refractivity (Wildman–Crippen MR) is 233 cm³/mol. The van der Waals surface area contributed by atoms with E-state index in [1.807, 2.05) is 24.3 Å². The molecule has 0 N–H and O–H groups in total. The number of rotatable bonds is 6. The van der Waals surface area contributed by atoms with Crippen LogP contribution in [0.1, 0.15) is 17.4 Å². The van der Waals surface area contributed by atoms with E-state index in [-0.39, 0.29) is 0 Å². The summed E-state index contributed by atoms with van der Waals surface area (Å²) in [5.41, 5.74) is 12.2. The van der Waals surface area contributed by atoms with Gasteiger partial charge in [-0.15, -0.1) is 11.3 Å². The van der Waals surface area contributed by atoms with Crippen LogP contribution >= 0.6 is 11.3 Å². The monoisotopic (exact) mass is 712 g/mol. The molecule has 0 spiro atoms. The van der Waals surface area contributed by atoms with Crippen molar-refractivity contribution in [3.63, 3.8) is 0 Å². The normalized spacial score (nSPS) is 12.9. The van der Waals surface area contributed by atoms with Gasteiger partial charge >= 0.3 is 0 Å². The Morgan fingerprint density at radius 3 is 2.02 bits per heavy atom. The number of fused-ring (bicyclic) bond motifs is 9. The highest BCUT2D eigenvalue weighted by atomic mass is 32.1. The molecule has 0 saturated carbocycles. The molecule has 4 aromatic heterocycles. The molecule has 0 bridgehead atoms. The van der Waals surface area contributed by atoms with E-state index >= 15 is 0 Å². The average molecular weight is 713 g/mol. The van der Waals surface area contributed by atoms with Crippen LogP contribution in [-0.2, 0) is 0 Å². The van der Waals surface area contributed by atoms with Gasteiger partial charge in [-0.2, -0.15) is 0 Å². The minimum atomic E-state index is 0.893. The van der Waals surface area contributed by atoms with Crippen LogP contribution in [0.4, 0.5) is 0 Å². The van der Waals surface area contributed by atoms with Gasteiger partial charge in [0.25, 0.3) is 0 Å². The molecule has 6 aromatic carbocycles. The molecule has 54 heavy (non-hydrogen) atoms. The molecular formula is C50H36N2OS. The number of furan rings is 1. The Balaban J connectivity index is 1.16. The van der Waals surface area contributed by atoms with E-state index in [0.29, 0.717) is 0 Å². The van der Waals surface area contributed by atoms with Gasteiger partial charge in [0.15, 0.2) is 0 Å². The standard InChI is InChI=1S/C50H36N2OS/c1-5-7-21-49-31(3)32(4)50(54-49)46(14-6-2)52-43-19-12-9-16-37(43)41-29-34(23-27-45(41)52)33-22-26-44-40(28-33)36-15-8-11-18-42(36)51(44)35-24-25-39-38-17-10-13-20-47(38)53-48(39)30-35/h5-30H,1,4H2,2-3H3/b14-6-,21-7-,50-46-. The quantitative estimate of drug-likeness (QED) is 0.157. The zero-order valence-corrected chi connectivity index (χ0v) is 31.0. The molecule has 0 atom stereocenters. The average Bonchev–Trinajstić information content (AvgIpc) is 3.93. The van der Waals surface area contributed by atoms with Gasteiger partial charge in [-0.3, -0.25) is 0 Å². The van der Waals surface area contributed by atoms with Crippen molar-refractivity contribution < 1.29 is 4.42 Å². The first-order valence-corrected chi connectivity index (χ1v) is 19.1. The molecule has 3 nitrogen and oxygen atoms in total. The van der Waals surface area contributed by atoms with Crippen molar-refractivity contribution in [2.24, 2.45) is 0 Å².